The number of hydrogen-bond acceptors (Lipinski definition) is 4. The summed E-state index contributed by atoms with van der Waals surface area (Å²) in [5.74, 6) is -1.42. The largest absolute Gasteiger partial charge is 0.467 e. The topological polar surface area (TPSA) is 84.5 Å². The van der Waals surface area contributed by atoms with Gasteiger partial charge in [0, 0.05) is 17.0 Å². The first-order valence-corrected chi connectivity index (χ1v) is 8.32. The van der Waals surface area contributed by atoms with Gasteiger partial charge in [-0.25, -0.2) is 4.79 Å². The number of carbonyl (C=O) groups excluding carboxylic acids is 3. The summed E-state index contributed by atoms with van der Waals surface area (Å²) in [5, 5.41) is 5.67. The molecule has 0 saturated heterocycles. The van der Waals surface area contributed by atoms with Crippen molar-refractivity contribution >= 4 is 29.4 Å². The fourth-order valence-electron chi connectivity index (χ4n) is 2.29. The van der Waals surface area contributed by atoms with Crippen LogP contribution in [-0.4, -0.2) is 37.5 Å². The molecule has 0 bridgehead atoms. The number of carbonyl (C=O) groups is 3. The van der Waals surface area contributed by atoms with E-state index in [0.717, 1.165) is 5.56 Å². The van der Waals surface area contributed by atoms with E-state index in [4.69, 9.17) is 16.3 Å². The minimum atomic E-state index is -0.859. The summed E-state index contributed by atoms with van der Waals surface area (Å²) in [4.78, 5) is 36.0. The minimum Gasteiger partial charge on any atom is -0.467 e. The van der Waals surface area contributed by atoms with Gasteiger partial charge in [-0.2, -0.15) is 0 Å². The molecule has 26 heavy (non-hydrogen) atoms. The molecule has 0 aliphatic rings. The van der Waals surface area contributed by atoms with E-state index in [1.807, 2.05) is 0 Å². The molecule has 0 aliphatic carbocycles. The maximum atomic E-state index is 12.1. The van der Waals surface area contributed by atoms with Gasteiger partial charge in [0.25, 0.3) is 5.91 Å². The Morgan fingerprint density at radius 3 is 2.31 bits per heavy atom. The Bertz CT molecular complexity index is 763. The molecule has 0 unspecified atom stereocenters. The predicted molar refractivity (Wildman–Crippen MR) is 97.9 cm³/mol. The van der Waals surface area contributed by atoms with Gasteiger partial charge in [-0.3, -0.25) is 9.59 Å². The smallest absolute Gasteiger partial charge is 0.328 e. The second-order valence-corrected chi connectivity index (χ2v) is 5.96. The maximum absolute atomic E-state index is 12.1. The summed E-state index contributed by atoms with van der Waals surface area (Å²) < 4.78 is 4.74. The minimum absolute atomic E-state index is 0.248. The van der Waals surface area contributed by atoms with Gasteiger partial charge in [0.1, 0.15) is 6.04 Å². The molecule has 2 aromatic rings. The number of amides is 2. The number of halogens is 1. The number of benzene rings is 2. The summed E-state index contributed by atoms with van der Waals surface area (Å²) in [6, 6.07) is 14.6. The SMILES string of the molecule is COC(=O)[C@H](Cc1ccc(Cl)cc1)NC(=O)CNC(=O)c1ccccc1. The van der Waals surface area contributed by atoms with Crippen molar-refractivity contribution in [3.63, 3.8) is 0 Å². The van der Waals surface area contributed by atoms with E-state index in [2.05, 4.69) is 10.6 Å². The van der Waals surface area contributed by atoms with Crippen LogP contribution in [-0.2, 0) is 20.7 Å². The summed E-state index contributed by atoms with van der Waals surface area (Å²) in [7, 11) is 1.25. The highest BCUT2D eigenvalue weighted by Gasteiger charge is 2.22. The molecular weight excluding hydrogens is 356 g/mol. The third kappa shape index (κ3) is 5.89. The number of methoxy groups -OCH3 is 1. The molecule has 2 N–H and O–H groups in total. The Hall–Kier alpha value is -2.86. The molecule has 7 heteroatoms. The molecule has 2 amide bonds. The van der Waals surface area contributed by atoms with Crippen LogP contribution < -0.4 is 10.6 Å². The van der Waals surface area contributed by atoms with Gasteiger partial charge >= 0.3 is 5.97 Å². The third-order valence-electron chi connectivity index (χ3n) is 3.62. The maximum Gasteiger partial charge on any atom is 0.328 e. The monoisotopic (exact) mass is 374 g/mol. The molecule has 0 radical (unpaired) electrons. The third-order valence-corrected chi connectivity index (χ3v) is 3.87. The van der Waals surface area contributed by atoms with Crippen LogP contribution in [0.25, 0.3) is 0 Å². The summed E-state index contributed by atoms with van der Waals surface area (Å²) >= 11 is 5.84. The van der Waals surface area contributed by atoms with Crippen molar-refractivity contribution in [3.05, 3.63) is 70.7 Å². The van der Waals surface area contributed by atoms with Gasteiger partial charge < -0.3 is 15.4 Å². The van der Waals surface area contributed by atoms with E-state index in [1.165, 1.54) is 7.11 Å². The van der Waals surface area contributed by atoms with E-state index in [9.17, 15) is 14.4 Å². The van der Waals surface area contributed by atoms with Gasteiger partial charge in [-0.1, -0.05) is 41.9 Å². The second-order valence-electron chi connectivity index (χ2n) is 5.52. The highest BCUT2D eigenvalue weighted by atomic mass is 35.5. The molecule has 0 heterocycles. The lowest BCUT2D eigenvalue weighted by atomic mass is 10.1. The van der Waals surface area contributed by atoms with Crippen LogP contribution in [0.4, 0.5) is 0 Å². The standard InChI is InChI=1S/C19H19ClN2O4/c1-26-19(25)16(11-13-7-9-15(20)10-8-13)22-17(23)12-21-18(24)14-5-3-2-4-6-14/h2-10,16H,11-12H2,1H3,(H,21,24)(H,22,23)/t16-/m0/s1. The Labute approximate surface area is 156 Å². The zero-order valence-electron chi connectivity index (χ0n) is 14.2. The van der Waals surface area contributed by atoms with Crippen LogP contribution in [0.3, 0.4) is 0 Å². The molecule has 0 saturated carbocycles. The highest BCUT2D eigenvalue weighted by Crippen LogP contribution is 2.11. The number of nitrogens with one attached hydrogen (secondary N) is 2. The van der Waals surface area contributed by atoms with Crippen LogP contribution >= 0.6 is 11.6 Å². The van der Waals surface area contributed by atoms with Gasteiger partial charge in [-0.15, -0.1) is 0 Å². The fourth-order valence-corrected chi connectivity index (χ4v) is 2.42. The molecule has 2 rings (SSSR count). The van der Waals surface area contributed by atoms with Crippen LogP contribution in [0.15, 0.2) is 54.6 Å². The van der Waals surface area contributed by atoms with E-state index in [1.54, 1.807) is 54.6 Å². The fraction of sp³-hybridized carbons (Fsp3) is 0.211. The number of ether oxygens (including phenoxy) is 1. The summed E-state index contributed by atoms with van der Waals surface area (Å²) in [6.07, 6.45) is 0.252. The van der Waals surface area contributed by atoms with Crippen LogP contribution in [0, 0.1) is 0 Å². The highest BCUT2D eigenvalue weighted by molar-refractivity contribution is 6.30. The van der Waals surface area contributed by atoms with Crippen molar-refractivity contribution in [2.45, 2.75) is 12.5 Å². The van der Waals surface area contributed by atoms with Crippen molar-refractivity contribution in [1.29, 1.82) is 0 Å². The lowest BCUT2D eigenvalue weighted by Gasteiger charge is -2.17. The Morgan fingerprint density at radius 1 is 1.04 bits per heavy atom. The molecule has 0 aromatic heterocycles. The number of rotatable bonds is 7. The average molecular weight is 375 g/mol. The molecule has 2 aromatic carbocycles. The molecule has 0 aliphatic heterocycles. The predicted octanol–water partition coefficient (Wildman–Crippen LogP) is 1.97. The van der Waals surface area contributed by atoms with Crippen LogP contribution in [0.5, 0.6) is 0 Å². The Balaban J connectivity index is 1.92. The Kier molecular flexibility index (Phi) is 7.17. The van der Waals surface area contributed by atoms with Crippen molar-refractivity contribution in [3.8, 4) is 0 Å². The summed E-state index contributed by atoms with van der Waals surface area (Å²) in [5.41, 5.74) is 1.27. The molecule has 6 nitrogen and oxygen atoms in total. The summed E-state index contributed by atoms with van der Waals surface area (Å²) in [6.45, 7) is -0.248. The van der Waals surface area contributed by atoms with Gasteiger partial charge in [-0.05, 0) is 29.8 Å². The van der Waals surface area contributed by atoms with Crippen molar-refractivity contribution in [2.75, 3.05) is 13.7 Å². The van der Waals surface area contributed by atoms with Crippen LogP contribution in [0.1, 0.15) is 15.9 Å². The van der Waals surface area contributed by atoms with E-state index >= 15 is 0 Å². The zero-order chi connectivity index (χ0) is 18.9. The number of hydrogen-bond donors (Lipinski definition) is 2. The van der Waals surface area contributed by atoms with Crippen molar-refractivity contribution in [2.24, 2.45) is 0 Å². The first kappa shape index (κ1) is 19.5. The van der Waals surface area contributed by atoms with E-state index in [0.29, 0.717) is 10.6 Å². The zero-order valence-corrected chi connectivity index (χ0v) is 15.0. The van der Waals surface area contributed by atoms with Crippen LogP contribution in [0.2, 0.25) is 5.02 Å². The van der Waals surface area contributed by atoms with Gasteiger partial charge in [0.05, 0.1) is 13.7 Å². The molecule has 136 valence electrons. The number of esters is 1. The molecule has 0 spiro atoms. The van der Waals surface area contributed by atoms with Gasteiger partial charge in [0.15, 0.2) is 0 Å². The van der Waals surface area contributed by atoms with E-state index < -0.39 is 17.9 Å². The molecule has 1 atom stereocenters. The van der Waals surface area contributed by atoms with Crippen molar-refractivity contribution in [1.82, 2.24) is 10.6 Å². The quantitative estimate of drug-likeness (QED) is 0.726. The molecular formula is C19H19ClN2O4. The lowest BCUT2D eigenvalue weighted by molar-refractivity contribution is -0.144. The average Bonchev–Trinajstić information content (AvgIpc) is 2.67. The van der Waals surface area contributed by atoms with Gasteiger partial charge in [0.2, 0.25) is 5.91 Å². The first-order valence-electron chi connectivity index (χ1n) is 7.94. The molecule has 0 fully saturated rings. The van der Waals surface area contributed by atoms with E-state index in [-0.39, 0.29) is 18.9 Å². The normalized spacial score (nSPS) is 11.3. The first-order chi connectivity index (χ1) is 12.5. The van der Waals surface area contributed by atoms with Crippen molar-refractivity contribution < 1.29 is 19.1 Å². The Morgan fingerprint density at radius 2 is 1.69 bits per heavy atom. The lowest BCUT2D eigenvalue weighted by Crippen LogP contribution is -2.47. The second kappa shape index (κ2) is 9.58.